The normalized spacial score (nSPS) is 19.4. The maximum Gasteiger partial charge on any atom is 0.209 e. The molecule has 1 unspecified atom stereocenters. The zero-order valence-electron chi connectivity index (χ0n) is 13.9. The van der Waals surface area contributed by atoms with Crippen LogP contribution in [0, 0.1) is 0 Å². The van der Waals surface area contributed by atoms with E-state index in [0.717, 1.165) is 41.7 Å². The van der Waals surface area contributed by atoms with Crippen LogP contribution in [0.25, 0.3) is 11.1 Å². The van der Waals surface area contributed by atoms with Crippen LogP contribution in [0.1, 0.15) is 43.4 Å². The first-order valence-electron chi connectivity index (χ1n) is 8.29. The number of fused-ring (bicyclic) bond motifs is 1. The van der Waals surface area contributed by atoms with Crippen molar-refractivity contribution in [1.29, 1.82) is 0 Å². The summed E-state index contributed by atoms with van der Waals surface area (Å²) < 4.78 is 11.7. The quantitative estimate of drug-likeness (QED) is 0.793. The van der Waals surface area contributed by atoms with Crippen molar-refractivity contribution in [1.82, 2.24) is 25.1 Å². The zero-order valence-corrected chi connectivity index (χ0v) is 13.9. The number of nitrogens with one attached hydrogen (secondary N) is 1. The highest BCUT2D eigenvalue weighted by atomic mass is 16.5. The molecule has 3 heterocycles. The molecule has 0 radical (unpaired) electrons. The van der Waals surface area contributed by atoms with Crippen LogP contribution in [0.2, 0.25) is 0 Å². The minimum atomic E-state index is -0.0943. The predicted molar refractivity (Wildman–Crippen MR) is 88.5 cm³/mol. The number of benzene rings is 1. The molecule has 24 heavy (non-hydrogen) atoms. The number of oxazole rings is 1. The highest BCUT2D eigenvalue weighted by molar-refractivity contribution is 5.72. The third kappa shape index (κ3) is 3.05. The molecule has 1 aliphatic heterocycles. The van der Waals surface area contributed by atoms with E-state index in [0.29, 0.717) is 19.1 Å². The molecule has 4 rings (SSSR count). The Morgan fingerprint density at radius 3 is 2.96 bits per heavy atom. The number of hydrogen-bond donors (Lipinski definition) is 1. The summed E-state index contributed by atoms with van der Waals surface area (Å²) in [6, 6.07) is 7.83. The van der Waals surface area contributed by atoms with Crippen molar-refractivity contribution in [2.75, 3.05) is 19.7 Å². The monoisotopic (exact) mass is 327 g/mol. The number of rotatable bonds is 4. The molecule has 7 heteroatoms. The molecule has 3 aromatic rings. The molecule has 0 amide bonds. The van der Waals surface area contributed by atoms with Gasteiger partial charge in [-0.05, 0) is 12.1 Å². The minimum Gasteiger partial charge on any atom is -0.439 e. The van der Waals surface area contributed by atoms with Crippen LogP contribution in [0.5, 0.6) is 0 Å². The number of ether oxygens (including phenoxy) is 1. The lowest BCUT2D eigenvalue weighted by molar-refractivity contribution is -0.0391. The Labute approximate surface area is 140 Å². The summed E-state index contributed by atoms with van der Waals surface area (Å²) in [5.74, 6) is 2.65. The SMILES string of the molecule is CC(C)c1n[nH]c(C2CN(Cc3nc4ccccc4o3)CCO2)n1. The Hall–Kier alpha value is -2.25. The van der Waals surface area contributed by atoms with Gasteiger partial charge in [-0.25, -0.2) is 9.97 Å². The first-order chi connectivity index (χ1) is 11.7. The van der Waals surface area contributed by atoms with E-state index in [9.17, 15) is 0 Å². The summed E-state index contributed by atoms with van der Waals surface area (Å²) in [6.07, 6.45) is -0.0943. The summed E-state index contributed by atoms with van der Waals surface area (Å²) in [5.41, 5.74) is 1.73. The van der Waals surface area contributed by atoms with Crippen molar-refractivity contribution in [2.24, 2.45) is 0 Å². The van der Waals surface area contributed by atoms with Crippen molar-refractivity contribution in [3.8, 4) is 0 Å². The van der Waals surface area contributed by atoms with Crippen molar-refractivity contribution in [3.63, 3.8) is 0 Å². The number of aromatic nitrogens is 4. The first kappa shape index (κ1) is 15.3. The zero-order chi connectivity index (χ0) is 16.5. The lowest BCUT2D eigenvalue weighted by atomic mass is 10.2. The Morgan fingerprint density at radius 1 is 1.29 bits per heavy atom. The van der Waals surface area contributed by atoms with Crippen LogP contribution in [0.4, 0.5) is 0 Å². The Kier molecular flexibility index (Phi) is 4.03. The Balaban J connectivity index is 1.46. The molecule has 1 atom stereocenters. The van der Waals surface area contributed by atoms with Crippen LogP contribution in [-0.4, -0.2) is 44.8 Å². The highest BCUT2D eigenvalue weighted by Crippen LogP contribution is 2.23. The molecule has 1 aromatic carbocycles. The van der Waals surface area contributed by atoms with Gasteiger partial charge < -0.3 is 9.15 Å². The minimum absolute atomic E-state index is 0.0943. The van der Waals surface area contributed by atoms with Gasteiger partial charge in [-0.2, -0.15) is 5.10 Å². The second kappa shape index (κ2) is 6.33. The highest BCUT2D eigenvalue weighted by Gasteiger charge is 2.26. The Bertz CT molecular complexity index is 792. The van der Waals surface area contributed by atoms with Gasteiger partial charge in [0, 0.05) is 19.0 Å². The third-order valence-corrected chi connectivity index (χ3v) is 4.19. The van der Waals surface area contributed by atoms with E-state index < -0.39 is 0 Å². The third-order valence-electron chi connectivity index (χ3n) is 4.19. The summed E-state index contributed by atoms with van der Waals surface area (Å²) in [6.45, 7) is 7.07. The molecule has 1 saturated heterocycles. The molecular formula is C17H21N5O2. The average molecular weight is 327 g/mol. The van der Waals surface area contributed by atoms with Gasteiger partial charge in [-0.15, -0.1) is 0 Å². The van der Waals surface area contributed by atoms with E-state index in [1.807, 2.05) is 24.3 Å². The van der Waals surface area contributed by atoms with Crippen LogP contribution in [0.3, 0.4) is 0 Å². The molecule has 1 fully saturated rings. The first-order valence-corrected chi connectivity index (χ1v) is 8.29. The molecule has 2 aromatic heterocycles. The summed E-state index contributed by atoms with van der Waals surface area (Å²) in [7, 11) is 0. The van der Waals surface area contributed by atoms with E-state index in [-0.39, 0.29) is 6.10 Å². The molecule has 0 bridgehead atoms. The lowest BCUT2D eigenvalue weighted by Crippen LogP contribution is -2.38. The molecule has 0 saturated carbocycles. The summed E-state index contributed by atoms with van der Waals surface area (Å²) >= 11 is 0. The Morgan fingerprint density at radius 2 is 2.17 bits per heavy atom. The van der Waals surface area contributed by atoms with Gasteiger partial charge in [0.1, 0.15) is 11.6 Å². The molecular weight excluding hydrogens is 306 g/mol. The van der Waals surface area contributed by atoms with Crippen LogP contribution >= 0.6 is 0 Å². The number of H-pyrrole nitrogens is 1. The molecule has 1 N–H and O–H groups in total. The fourth-order valence-electron chi connectivity index (χ4n) is 2.88. The van der Waals surface area contributed by atoms with Crippen molar-refractivity contribution < 1.29 is 9.15 Å². The van der Waals surface area contributed by atoms with Gasteiger partial charge >= 0.3 is 0 Å². The molecule has 1 aliphatic rings. The van der Waals surface area contributed by atoms with Crippen molar-refractivity contribution in [3.05, 3.63) is 41.8 Å². The van der Waals surface area contributed by atoms with E-state index in [4.69, 9.17) is 9.15 Å². The maximum atomic E-state index is 5.86. The van der Waals surface area contributed by atoms with E-state index in [1.54, 1.807) is 0 Å². The number of aromatic amines is 1. The fraction of sp³-hybridized carbons (Fsp3) is 0.471. The standard InChI is InChI=1S/C17H21N5O2/c1-11(2)16-19-17(21-20-16)14-9-22(7-8-23-14)10-15-18-12-5-3-4-6-13(12)24-15/h3-6,11,14H,7-10H2,1-2H3,(H,19,20,21). The topological polar surface area (TPSA) is 80.1 Å². The molecule has 126 valence electrons. The average Bonchev–Trinajstić information content (AvgIpc) is 3.21. The summed E-state index contributed by atoms with van der Waals surface area (Å²) in [4.78, 5) is 11.4. The second-order valence-electron chi connectivity index (χ2n) is 6.40. The second-order valence-corrected chi connectivity index (χ2v) is 6.40. The molecule has 0 spiro atoms. The lowest BCUT2D eigenvalue weighted by Gasteiger charge is -2.30. The number of morpholine rings is 1. The van der Waals surface area contributed by atoms with Crippen LogP contribution in [0.15, 0.2) is 28.7 Å². The van der Waals surface area contributed by atoms with E-state index >= 15 is 0 Å². The molecule has 7 nitrogen and oxygen atoms in total. The van der Waals surface area contributed by atoms with Gasteiger partial charge in [0.05, 0.1) is 13.2 Å². The van der Waals surface area contributed by atoms with Gasteiger partial charge in [-0.3, -0.25) is 10.00 Å². The number of hydrogen-bond acceptors (Lipinski definition) is 6. The fourth-order valence-corrected chi connectivity index (χ4v) is 2.88. The van der Waals surface area contributed by atoms with E-state index in [2.05, 4.69) is 38.9 Å². The predicted octanol–water partition coefficient (Wildman–Crippen LogP) is 2.64. The maximum absolute atomic E-state index is 5.86. The van der Waals surface area contributed by atoms with Crippen LogP contribution < -0.4 is 0 Å². The van der Waals surface area contributed by atoms with Crippen LogP contribution in [-0.2, 0) is 11.3 Å². The smallest absolute Gasteiger partial charge is 0.209 e. The number of nitrogens with zero attached hydrogens (tertiary/aromatic N) is 4. The van der Waals surface area contributed by atoms with Gasteiger partial charge in [0.2, 0.25) is 5.89 Å². The largest absolute Gasteiger partial charge is 0.439 e. The van der Waals surface area contributed by atoms with Crippen molar-refractivity contribution in [2.45, 2.75) is 32.4 Å². The number of para-hydroxylation sites is 2. The van der Waals surface area contributed by atoms with Crippen molar-refractivity contribution >= 4 is 11.1 Å². The molecule has 0 aliphatic carbocycles. The summed E-state index contributed by atoms with van der Waals surface area (Å²) in [5, 5.41) is 7.27. The van der Waals surface area contributed by atoms with Gasteiger partial charge in [0.25, 0.3) is 0 Å². The van der Waals surface area contributed by atoms with Gasteiger partial charge in [0.15, 0.2) is 17.2 Å². The van der Waals surface area contributed by atoms with Gasteiger partial charge in [-0.1, -0.05) is 26.0 Å². The van der Waals surface area contributed by atoms with E-state index in [1.165, 1.54) is 0 Å².